The molecule has 7 heteroatoms. The van der Waals surface area contributed by atoms with E-state index in [1.165, 1.54) is 4.90 Å². The van der Waals surface area contributed by atoms with Crippen LogP contribution < -0.4 is 10.1 Å². The lowest BCUT2D eigenvalue weighted by molar-refractivity contribution is -0.148. The van der Waals surface area contributed by atoms with Crippen molar-refractivity contribution in [2.24, 2.45) is 17.8 Å². The van der Waals surface area contributed by atoms with Gasteiger partial charge in [-0.2, -0.15) is 0 Å². The molecule has 0 aromatic carbocycles. The zero-order valence-electron chi connectivity index (χ0n) is 19.0. The molecule has 1 N–H and O–H groups in total. The molecule has 7 nitrogen and oxygen atoms in total. The molecule has 2 heterocycles. The van der Waals surface area contributed by atoms with Gasteiger partial charge in [-0.05, 0) is 56.9 Å². The number of aromatic nitrogens is 1. The van der Waals surface area contributed by atoms with E-state index in [0.717, 1.165) is 31.2 Å². The van der Waals surface area contributed by atoms with E-state index in [9.17, 15) is 14.4 Å². The van der Waals surface area contributed by atoms with Crippen LogP contribution in [0.15, 0.2) is 30.5 Å². The average molecular weight is 440 g/mol. The lowest BCUT2D eigenvalue weighted by atomic mass is 9.85. The molecule has 3 amide bonds. The fraction of sp³-hybridized carbons (Fsp3) is 0.600. The average Bonchev–Trinajstić information content (AvgIpc) is 3.38. The number of carbonyl (C=O) groups excluding carboxylic acids is 3. The Morgan fingerprint density at radius 1 is 1.16 bits per heavy atom. The van der Waals surface area contributed by atoms with Crippen LogP contribution in [-0.2, 0) is 20.9 Å². The maximum atomic E-state index is 13.3. The Bertz CT molecular complexity index is 865. The molecule has 0 spiro atoms. The first-order valence-electron chi connectivity index (χ1n) is 11.9. The lowest BCUT2D eigenvalue weighted by Gasteiger charge is -2.27. The van der Waals surface area contributed by atoms with E-state index in [4.69, 9.17) is 4.74 Å². The van der Waals surface area contributed by atoms with Crippen molar-refractivity contribution in [1.29, 1.82) is 0 Å². The van der Waals surface area contributed by atoms with Crippen molar-refractivity contribution in [3.05, 3.63) is 36.0 Å². The molecule has 4 rings (SSSR count). The van der Waals surface area contributed by atoms with Crippen LogP contribution in [0.3, 0.4) is 0 Å². The molecule has 0 unspecified atom stereocenters. The third kappa shape index (κ3) is 4.71. The second-order valence-electron chi connectivity index (χ2n) is 9.56. The van der Waals surface area contributed by atoms with Crippen LogP contribution in [0, 0.1) is 17.8 Å². The molecule has 1 aliphatic heterocycles. The van der Waals surface area contributed by atoms with Crippen molar-refractivity contribution in [1.82, 2.24) is 15.2 Å². The van der Waals surface area contributed by atoms with Gasteiger partial charge in [0.15, 0.2) is 0 Å². The quantitative estimate of drug-likeness (QED) is 0.495. The van der Waals surface area contributed by atoms with Gasteiger partial charge >= 0.3 is 0 Å². The highest BCUT2D eigenvalue weighted by Gasteiger charge is 2.51. The van der Waals surface area contributed by atoms with Gasteiger partial charge in [0.1, 0.15) is 12.1 Å². The summed E-state index contributed by atoms with van der Waals surface area (Å²) in [5.41, 5.74) is 0.799. The second kappa shape index (κ2) is 9.84. The number of allylic oxidation sites excluding steroid dienone is 2. The molecule has 0 radical (unpaired) electrons. The van der Waals surface area contributed by atoms with Gasteiger partial charge in [0.2, 0.25) is 23.6 Å². The van der Waals surface area contributed by atoms with Crippen LogP contribution in [0.2, 0.25) is 0 Å². The van der Waals surface area contributed by atoms with E-state index in [-0.39, 0.29) is 48.1 Å². The molecule has 3 aliphatic rings. The summed E-state index contributed by atoms with van der Waals surface area (Å²) in [7, 11) is 0. The van der Waals surface area contributed by atoms with E-state index in [2.05, 4.69) is 10.3 Å². The van der Waals surface area contributed by atoms with Gasteiger partial charge < -0.3 is 10.1 Å². The first-order chi connectivity index (χ1) is 15.5. The maximum absolute atomic E-state index is 13.3. The Kier molecular flexibility index (Phi) is 6.92. The molecule has 1 aromatic heterocycles. The smallest absolute Gasteiger partial charge is 0.243 e. The van der Waals surface area contributed by atoms with Crippen molar-refractivity contribution in [3.63, 3.8) is 0 Å². The highest BCUT2D eigenvalue weighted by atomic mass is 16.5. The van der Waals surface area contributed by atoms with Crippen molar-refractivity contribution < 1.29 is 19.1 Å². The number of carbonyl (C=O) groups is 3. The third-order valence-corrected chi connectivity index (χ3v) is 6.73. The van der Waals surface area contributed by atoms with Crippen molar-refractivity contribution in [2.45, 2.75) is 77.5 Å². The van der Waals surface area contributed by atoms with Crippen molar-refractivity contribution in [3.8, 4) is 5.88 Å². The summed E-state index contributed by atoms with van der Waals surface area (Å²) >= 11 is 0. The molecule has 32 heavy (non-hydrogen) atoms. The highest BCUT2D eigenvalue weighted by Crippen LogP contribution is 2.37. The van der Waals surface area contributed by atoms with Crippen LogP contribution >= 0.6 is 0 Å². The number of rotatable bonds is 8. The number of hydrogen-bond donors (Lipinski definition) is 1. The van der Waals surface area contributed by atoms with Gasteiger partial charge in [0, 0.05) is 18.3 Å². The Hall–Kier alpha value is -2.70. The third-order valence-electron chi connectivity index (χ3n) is 6.73. The van der Waals surface area contributed by atoms with E-state index in [1.807, 2.05) is 38.1 Å². The number of fused-ring (bicyclic) bond motifs is 1. The van der Waals surface area contributed by atoms with Gasteiger partial charge in [0.25, 0.3) is 0 Å². The number of likely N-dealkylation sites (tertiary alicyclic amines) is 1. The number of amides is 3. The molecule has 2 aliphatic carbocycles. The summed E-state index contributed by atoms with van der Waals surface area (Å²) < 4.78 is 6.07. The molecule has 1 aromatic rings. The fourth-order valence-electron chi connectivity index (χ4n) is 5.04. The molecule has 1 saturated carbocycles. The molecule has 2 fully saturated rings. The van der Waals surface area contributed by atoms with Crippen molar-refractivity contribution in [2.75, 3.05) is 0 Å². The second-order valence-corrected chi connectivity index (χ2v) is 9.56. The van der Waals surface area contributed by atoms with Crippen LogP contribution in [0.25, 0.3) is 0 Å². The molecular weight excluding hydrogens is 406 g/mol. The van der Waals surface area contributed by atoms with E-state index >= 15 is 0 Å². The molecule has 1 saturated heterocycles. The number of nitrogens with one attached hydrogen (secondary N) is 1. The number of pyridine rings is 1. The SMILES string of the molecule is CC(C)C[C@H](C(=O)NCc1cccnc1OC1CCCC1)N1C(=O)[C@H]2CC=CC[C@H]2C1=O. The summed E-state index contributed by atoms with van der Waals surface area (Å²) in [4.78, 5) is 45.0. The Balaban J connectivity index is 1.46. The number of nitrogens with zero attached hydrogens (tertiary/aromatic N) is 2. The zero-order valence-corrected chi connectivity index (χ0v) is 19.0. The standard InChI is InChI=1S/C25H33N3O4/c1-16(2)14-21(28-24(30)19-11-5-6-12-20(19)25(28)31)22(29)27-15-17-8-7-13-26-23(17)32-18-9-3-4-10-18/h5-8,13,16,18-21H,3-4,9-12,14-15H2,1-2H3,(H,27,29)/t19-,20+,21-/m1/s1. The van der Waals surface area contributed by atoms with Crippen LogP contribution in [0.4, 0.5) is 0 Å². The first kappa shape index (κ1) is 22.5. The van der Waals surface area contributed by atoms with Crippen LogP contribution in [0.5, 0.6) is 5.88 Å². The Morgan fingerprint density at radius 2 is 1.81 bits per heavy atom. The monoisotopic (exact) mass is 439 g/mol. The zero-order chi connectivity index (χ0) is 22.7. The topological polar surface area (TPSA) is 88.6 Å². The summed E-state index contributed by atoms with van der Waals surface area (Å²) in [6, 6.07) is 2.91. The minimum absolute atomic E-state index is 0.159. The van der Waals surface area contributed by atoms with Gasteiger partial charge in [-0.25, -0.2) is 4.98 Å². The number of hydrogen-bond acceptors (Lipinski definition) is 5. The maximum Gasteiger partial charge on any atom is 0.243 e. The van der Waals surface area contributed by atoms with Gasteiger partial charge in [-0.15, -0.1) is 0 Å². The highest BCUT2D eigenvalue weighted by molar-refractivity contribution is 6.08. The van der Waals surface area contributed by atoms with Gasteiger partial charge in [-0.3, -0.25) is 19.3 Å². The fourth-order valence-corrected chi connectivity index (χ4v) is 5.04. The largest absolute Gasteiger partial charge is 0.474 e. The summed E-state index contributed by atoms with van der Waals surface area (Å²) in [6.07, 6.45) is 11.7. The Morgan fingerprint density at radius 3 is 2.44 bits per heavy atom. The van der Waals surface area contributed by atoms with E-state index in [1.54, 1.807) is 6.20 Å². The van der Waals surface area contributed by atoms with E-state index in [0.29, 0.717) is 25.1 Å². The predicted molar refractivity (Wildman–Crippen MR) is 119 cm³/mol. The minimum atomic E-state index is -0.795. The van der Waals surface area contributed by atoms with Crippen LogP contribution in [0.1, 0.15) is 64.4 Å². The molecular formula is C25H33N3O4. The minimum Gasteiger partial charge on any atom is -0.474 e. The van der Waals surface area contributed by atoms with Gasteiger partial charge in [-0.1, -0.05) is 32.1 Å². The van der Waals surface area contributed by atoms with Crippen LogP contribution in [-0.4, -0.2) is 39.8 Å². The normalized spacial score (nSPS) is 24.2. The Labute approximate surface area is 189 Å². The molecule has 172 valence electrons. The van der Waals surface area contributed by atoms with Gasteiger partial charge in [0.05, 0.1) is 11.8 Å². The lowest BCUT2D eigenvalue weighted by Crippen LogP contribution is -2.50. The van der Waals surface area contributed by atoms with E-state index < -0.39 is 6.04 Å². The summed E-state index contributed by atoms with van der Waals surface area (Å²) in [5.74, 6) is -0.687. The first-order valence-corrected chi connectivity index (χ1v) is 11.9. The molecule has 0 bridgehead atoms. The summed E-state index contributed by atoms with van der Waals surface area (Å²) in [5, 5.41) is 2.95. The number of imide groups is 1. The van der Waals surface area contributed by atoms with Crippen molar-refractivity contribution >= 4 is 17.7 Å². The molecule has 3 atom stereocenters. The number of ether oxygens (including phenoxy) is 1. The summed E-state index contributed by atoms with van der Waals surface area (Å²) in [6.45, 7) is 4.23. The predicted octanol–water partition coefficient (Wildman–Crippen LogP) is 3.39.